The lowest BCUT2D eigenvalue weighted by molar-refractivity contribution is -0.274. The van der Waals surface area contributed by atoms with E-state index < -0.39 is 24.1 Å². The summed E-state index contributed by atoms with van der Waals surface area (Å²) in [7, 11) is 0. The van der Waals surface area contributed by atoms with Gasteiger partial charge in [-0.05, 0) is 47.7 Å². The number of hydrogen-bond acceptors (Lipinski definition) is 5. The minimum Gasteiger partial charge on any atom is -0.406 e. The lowest BCUT2D eigenvalue weighted by Crippen LogP contribution is -2.43. The highest BCUT2D eigenvalue weighted by molar-refractivity contribution is 5.95. The van der Waals surface area contributed by atoms with Gasteiger partial charge in [0.1, 0.15) is 5.75 Å². The molecular formula is C25H28F3N3O5. The van der Waals surface area contributed by atoms with Crippen molar-refractivity contribution in [1.29, 1.82) is 0 Å². The molecule has 3 amide bonds. The molecule has 8 nitrogen and oxygen atoms in total. The molecule has 0 aliphatic heterocycles. The Morgan fingerprint density at radius 3 is 2.42 bits per heavy atom. The summed E-state index contributed by atoms with van der Waals surface area (Å²) in [5, 5.41) is 15.2. The Morgan fingerprint density at radius 2 is 1.75 bits per heavy atom. The third-order valence-corrected chi connectivity index (χ3v) is 6.03. The van der Waals surface area contributed by atoms with E-state index in [0.29, 0.717) is 28.5 Å². The normalized spacial score (nSPS) is 14.7. The smallest absolute Gasteiger partial charge is 0.406 e. The van der Waals surface area contributed by atoms with Gasteiger partial charge in [-0.1, -0.05) is 49.9 Å². The van der Waals surface area contributed by atoms with Gasteiger partial charge in [0.2, 0.25) is 12.3 Å². The van der Waals surface area contributed by atoms with Crippen LogP contribution in [0.1, 0.15) is 42.5 Å². The minimum atomic E-state index is -4.82. The molecule has 0 radical (unpaired) electrons. The van der Waals surface area contributed by atoms with E-state index in [1.165, 1.54) is 30.3 Å². The number of halogens is 3. The molecule has 2 aromatic rings. The van der Waals surface area contributed by atoms with Gasteiger partial charge in [0, 0.05) is 5.56 Å². The Kier molecular flexibility index (Phi) is 9.29. The van der Waals surface area contributed by atoms with Gasteiger partial charge in [-0.3, -0.25) is 19.6 Å². The molecule has 3 N–H and O–H groups in total. The van der Waals surface area contributed by atoms with Crippen LogP contribution in [-0.4, -0.2) is 48.1 Å². The van der Waals surface area contributed by atoms with E-state index in [1.54, 1.807) is 18.2 Å². The van der Waals surface area contributed by atoms with Gasteiger partial charge < -0.3 is 15.4 Å². The maximum absolute atomic E-state index is 12.7. The summed E-state index contributed by atoms with van der Waals surface area (Å²) in [6.07, 6.45) is 0.125. The number of rotatable bonds is 11. The summed E-state index contributed by atoms with van der Waals surface area (Å²) in [5.74, 6) is -1.53. The largest absolute Gasteiger partial charge is 0.573 e. The van der Waals surface area contributed by atoms with Crippen molar-refractivity contribution >= 4 is 18.2 Å². The number of carbonyl (C=O) groups excluding carboxylic acids is 3. The number of hydroxylamine groups is 2. The zero-order valence-electron chi connectivity index (χ0n) is 19.5. The predicted molar refractivity (Wildman–Crippen MR) is 124 cm³/mol. The number of nitrogens with zero attached hydrogens (tertiary/aromatic N) is 1. The molecule has 1 aliphatic carbocycles. The van der Waals surface area contributed by atoms with E-state index in [1.807, 2.05) is 0 Å². The van der Waals surface area contributed by atoms with E-state index in [2.05, 4.69) is 15.4 Å². The number of carbonyl (C=O) groups is 3. The molecule has 1 saturated carbocycles. The summed E-state index contributed by atoms with van der Waals surface area (Å²) < 4.78 is 41.5. The first-order valence-electron chi connectivity index (χ1n) is 11.6. The average Bonchev–Trinajstić information content (AvgIpc) is 3.35. The van der Waals surface area contributed by atoms with Crippen LogP contribution in [0.15, 0.2) is 48.5 Å². The Balaban J connectivity index is 1.58. The van der Waals surface area contributed by atoms with Crippen LogP contribution in [-0.2, 0) is 9.59 Å². The second kappa shape index (κ2) is 12.4. The van der Waals surface area contributed by atoms with Crippen molar-refractivity contribution in [2.45, 2.75) is 38.5 Å². The molecule has 1 unspecified atom stereocenters. The fourth-order valence-electron chi connectivity index (χ4n) is 4.35. The third kappa shape index (κ3) is 8.26. The van der Waals surface area contributed by atoms with E-state index in [0.717, 1.165) is 25.7 Å². The van der Waals surface area contributed by atoms with Crippen LogP contribution >= 0.6 is 0 Å². The van der Waals surface area contributed by atoms with Crippen molar-refractivity contribution in [1.82, 2.24) is 15.7 Å². The Hall–Kier alpha value is -3.60. The number of hydrogen-bond donors (Lipinski definition) is 3. The maximum Gasteiger partial charge on any atom is 0.573 e. The number of nitrogens with one attached hydrogen (secondary N) is 2. The molecule has 0 bridgehead atoms. The molecule has 194 valence electrons. The third-order valence-electron chi connectivity index (χ3n) is 6.03. The van der Waals surface area contributed by atoms with Crippen molar-refractivity contribution < 1.29 is 37.5 Å². The molecule has 1 fully saturated rings. The molecule has 36 heavy (non-hydrogen) atoms. The maximum atomic E-state index is 12.7. The van der Waals surface area contributed by atoms with Crippen LogP contribution in [0.25, 0.3) is 11.1 Å². The van der Waals surface area contributed by atoms with Gasteiger partial charge in [-0.2, -0.15) is 0 Å². The molecule has 2 aromatic carbocycles. The quantitative estimate of drug-likeness (QED) is 0.184. The number of amides is 3. The van der Waals surface area contributed by atoms with Crippen LogP contribution in [0, 0.1) is 11.8 Å². The van der Waals surface area contributed by atoms with Gasteiger partial charge in [0.05, 0.1) is 19.1 Å². The first-order chi connectivity index (χ1) is 17.1. The van der Waals surface area contributed by atoms with Gasteiger partial charge >= 0.3 is 6.36 Å². The molecular weight excluding hydrogens is 479 g/mol. The monoisotopic (exact) mass is 507 g/mol. The zero-order valence-corrected chi connectivity index (χ0v) is 19.5. The Bertz CT molecular complexity index is 1060. The molecule has 1 aliphatic rings. The Labute approximate surface area is 206 Å². The highest BCUT2D eigenvalue weighted by Crippen LogP contribution is 2.31. The molecule has 11 heteroatoms. The zero-order chi connectivity index (χ0) is 26.1. The lowest BCUT2D eigenvalue weighted by atomic mass is 9.92. The van der Waals surface area contributed by atoms with Gasteiger partial charge in [0.15, 0.2) is 0 Å². The highest BCUT2D eigenvalue weighted by atomic mass is 19.4. The first kappa shape index (κ1) is 27.0. The predicted octanol–water partition coefficient (Wildman–Crippen LogP) is 4.10. The van der Waals surface area contributed by atoms with Gasteiger partial charge in [-0.25, -0.2) is 5.06 Å². The second-order valence-electron chi connectivity index (χ2n) is 8.69. The van der Waals surface area contributed by atoms with Crippen LogP contribution < -0.4 is 15.4 Å². The molecule has 0 saturated heterocycles. The lowest BCUT2D eigenvalue weighted by Gasteiger charge is -2.22. The molecule has 3 rings (SSSR count). The van der Waals surface area contributed by atoms with Crippen molar-refractivity contribution in [2.75, 3.05) is 13.2 Å². The average molecular weight is 508 g/mol. The van der Waals surface area contributed by atoms with Crippen LogP contribution in [0.4, 0.5) is 13.2 Å². The van der Waals surface area contributed by atoms with Crippen LogP contribution in [0.3, 0.4) is 0 Å². The standard InChI is InChI=1S/C25H28F3N3O5/c26-25(27,28)36-22-10-4-8-19(13-22)18-7-3-9-20(12-18)23(33)29-15-30-24(34)21(14-31(35)16-32)11-17-5-1-2-6-17/h3-4,7-10,12-13,16-17,21,35H,1-2,5-6,11,14-15H2,(H,29,33)(H,30,34). The van der Waals surface area contributed by atoms with Crippen molar-refractivity contribution in [3.8, 4) is 16.9 Å². The van der Waals surface area contributed by atoms with Crippen molar-refractivity contribution in [3.63, 3.8) is 0 Å². The minimum absolute atomic E-state index is 0.140. The van der Waals surface area contributed by atoms with Gasteiger partial charge in [0.25, 0.3) is 5.91 Å². The van der Waals surface area contributed by atoms with E-state index in [4.69, 9.17) is 0 Å². The van der Waals surface area contributed by atoms with Crippen molar-refractivity contribution in [3.05, 3.63) is 54.1 Å². The van der Waals surface area contributed by atoms with Crippen molar-refractivity contribution in [2.24, 2.45) is 11.8 Å². The summed E-state index contributed by atoms with van der Waals surface area (Å²) in [6, 6.07) is 11.7. The fraction of sp³-hybridized carbons (Fsp3) is 0.400. The van der Waals surface area contributed by atoms with Gasteiger partial charge in [-0.15, -0.1) is 13.2 Å². The summed E-state index contributed by atoms with van der Waals surface area (Å²) in [5.41, 5.74) is 1.18. The fourth-order valence-corrected chi connectivity index (χ4v) is 4.35. The highest BCUT2D eigenvalue weighted by Gasteiger charge is 2.31. The topological polar surface area (TPSA) is 108 Å². The molecule has 1 atom stereocenters. The summed E-state index contributed by atoms with van der Waals surface area (Å²) in [6.45, 7) is -0.316. The molecule has 0 heterocycles. The van der Waals surface area contributed by atoms with E-state index in [-0.39, 0.29) is 30.9 Å². The molecule has 0 spiro atoms. The van der Waals surface area contributed by atoms with E-state index in [9.17, 15) is 32.8 Å². The second-order valence-corrected chi connectivity index (χ2v) is 8.69. The summed E-state index contributed by atoms with van der Waals surface area (Å²) >= 11 is 0. The van der Waals surface area contributed by atoms with Crippen LogP contribution in [0.2, 0.25) is 0 Å². The SMILES string of the molecule is O=CN(O)CC(CC1CCCC1)C(=O)NCNC(=O)c1cccc(-c2cccc(OC(F)(F)F)c2)c1. The number of alkyl halides is 3. The first-order valence-corrected chi connectivity index (χ1v) is 11.6. The van der Waals surface area contributed by atoms with E-state index >= 15 is 0 Å². The Morgan fingerprint density at radius 1 is 1.08 bits per heavy atom. The number of ether oxygens (including phenoxy) is 1. The molecule has 0 aromatic heterocycles. The number of benzene rings is 2. The summed E-state index contributed by atoms with van der Waals surface area (Å²) in [4.78, 5) is 36.1. The van der Waals surface area contributed by atoms with Crippen LogP contribution in [0.5, 0.6) is 5.75 Å².